The first-order valence-corrected chi connectivity index (χ1v) is 8.89. The van der Waals surface area contributed by atoms with E-state index in [1.807, 2.05) is 0 Å². The van der Waals surface area contributed by atoms with Gasteiger partial charge in [0, 0.05) is 18.0 Å². The van der Waals surface area contributed by atoms with Gasteiger partial charge in [-0.3, -0.25) is 4.79 Å². The van der Waals surface area contributed by atoms with Crippen molar-refractivity contribution in [2.75, 3.05) is 5.32 Å². The summed E-state index contributed by atoms with van der Waals surface area (Å²) in [5, 5.41) is 9.64. The molecule has 0 aliphatic rings. The van der Waals surface area contributed by atoms with Crippen LogP contribution in [0.3, 0.4) is 0 Å². The van der Waals surface area contributed by atoms with E-state index in [1.165, 1.54) is 15.1 Å². The molecule has 0 aromatic carbocycles. The van der Waals surface area contributed by atoms with Crippen molar-refractivity contribution in [3.8, 4) is 0 Å². The Kier molecular flexibility index (Phi) is 5.99. The fourth-order valence-corrected chi connectivity index (χ4v) is 3.43. The standard InChI is InChI=1S/C15H20BrN3OS/c1-3-5-7-19-15(20)14(16)12(9-18-19)17-10-13-11(4-2)6-8-21-13/h6,8-9,17H,3-5,7,10H2,1-2H3. The number of aryl methyl sites for hydroxylation is 2. The first kappa shape index (κ1) is 16.2. The van der Waals surface area contributed by atoms with Gasteiger partial charge in [-0.15, -0.1) is 11.3 Å². The number of hydrogen-bond acceptors (Lipinski definition) is 4. The molecule has 6 heteroatoms. The summed E-state index contributed by atoms with van der Waals surface area (Å²) in [5.74, 6) is 0. The van der Waals surface area contributed by atoms with Crippen molar-refractivity contribution in [3.63, 3.8) is 0 Å². The Morgan fingerprint density at radius 2 is 2.24 bits per heavy atom. The van der Waals surface area contributed by atoms with E-state index in [1.54, 1.807) is 17.5 Å². The Bertz CT molecular complexity index is 651. The van der Waals surface area contributed by atoms with Crippen molar-refractivity contribution in [2.45, 2.75) is 46.2 Å². The van der Waals surface area contributed by atoms with E-state index in [0.717, 1.165) is 31.5 Å². The number of rotatable bonds is 7. The second-order valence-corrected chi connectivity index (χ2v) is 6.62. The minimum Gasteiger partial charge on any atom is -0.378 e. The Labute approximate surface area is 137 Å². The van der Waals surface area contributed by atoms with E-state index in [9.17, 15) is 4.79 Å². The second kappa shape index (κ2) is 7.75. The minimum absolute atomic E-state index is 0.0738. The van der Waals surface area contributed by atoms with E-state index in [2.05, 4.69) is 51.6 Å². The Morgan fingerprint density at radius 1 is 1.43 bits per heavy atom. The molecule has 0 aliphatic carbocycles. The average Bonchev–Trinajstić information content (AvgIpc) is 2.95. The summed E-state index contributed by atoms with van der Waals surface area (Å²) in [6, 6.07) is 2.15. The highest BCUT2D eigenvalue weighted by Gasteiger charge is 2.09. The van der Waals surface area contributed by atoms with Crippen LogP contribution in [0.2, 0.25) is 0 Å². The monoisotopic (exact) mass is 369 g/mol. The lowest BCUT2D eigenvalue weighted by Gasteiger charge is -2.10. The van der Waals surface area contributed by atoms with Crippen molar-refractivity contribution in [1.82, 2.24) is 9.78 Å². The van der Waals surface area contributed by atoms with Crippen molar-refractivity contribution in [2.24, 2.45) is 0 Å². The summed E-state index contributed by atoms with van der Waals surface area (Å²) in [6.45, 7) is 5.64. The quantitative estimate of drug-likeness (QED) is 0.800. The molecule has 0 saturated heterocycles. The molecule has 4 nitrogen and oxygen atoms in total. The number of halogens is 1. The molecule has 0 unspecified atom stereocenters. The smallest absolute Gasteiger partial charge is 0.283 e. The molecule has 0 atom stereocenters. The number of hydrogen-bond donors (Lipinski definition) is 1. The third-order valence-electron chi connectivity index (χ3n) is 3.37. The number of anilines is 1. The van der Waals surface area contributed by atoms with E-state index < -0.39 is 0 Å². The van der Waals surface area contributed by atoms with Crippen molar-refractivity contribution < 1.29 is 0 Å². The van der Waals surface area contributed by atoms with E-state index >= 15 is 0 Å². The highest BCUT2D eigenvalue weighted by Crippen LogP contribution is 2.21. The minimum atomic E-state index is -0.0738. The predicted octanol–water partition coefficient (Wildman–Crippen LogP) is 4.04. The number of aromatic nitrogens is 2. The van der Waals surface area contributed by atoms with Crippen molar-refractivity contribution in [1.29, 1.82) is 0 Å². The fourth-order valence-electron chi connectivity index (χ4n) is 2.07. The van der Waals surface area contributed by atoms with Crippen LogP contribution in [0.25, 0.3) is 0 Å². The molecule has 1 N–H and O–H groups in total. The topological polar surface area (TPSA) is 46.9 Å². The van der Waals surface area contributed by atoms with E-state index in [-0.39, 0.29) is 5.56 Å². The van der Waals surface area contributed by atoms with Gasteiger partial charge < -0.3 is 5.32 Å². The van der Waals surface area contributed by atoms with Gasteiger partial charge in [0.25, 0.3) is 5.56 Å². The van der Waals surface area contributed by atoms with Gasteiger partial charge in [0.2, 0.25) is 0 Å². The molecule has 0 spiro atoms. The molecule has 114 valence electrons. The average molecular weight is 370 g/mol. The molecule has 2 aromatic heterocycles. The highest BCUT2D eigenvalue weighted by atomic mass is 79.9. The Hall–Kier alpha value is -1.14. The van der Waals surface area contributed by atoms with Gasteiger partial charge >= 0.3 is 0 Å². The van der Waals surface area contributed by atoms with Crippen LogP contribution in [0, 0.1) is 0 Å². The largest absolute Gasteiger partial charge is 0.378 e. The number of unbranched alkanes of at least 4 members (excludes halogenated alkanes) is 1. The first-order chi connectivity index (χ1) is 10.2. The van der Waals surface area contributed by atoms with Crippen molar-refractivity contribution in [3.05, 3.63) is 42.9 Å². The molecular weight excluding hydrogens is 350 g/mol. The maximum Gasteiger partial charge on any atom is 0.283 e. The maximum absolute atomic E-state index is 12.2. The summed E-state index contributed by atoms with van der Waals surface area (Å²) < 4.78 is 2.07. The second-order valence-electron chi connectivity index (χ2n) is 4.83. The third kappa shape index (κ3) is 3.95. The van der Waals surface area contributed by atoms with Crippen LogP contribution in [-0.4, -0.2) is 9.78 Å². The van der Waals surface area contributed by atoms with Crippen LogP contribution >= 0.6 is 27.3 Å². The lowest BCUT2D eigenvalue weighted by molar-refractivity contribution is 0.541. The van der Waals surface area contributed by atoms with Gasteiger partial charge in [0.1, 0.15) is 4.47 Å². The third-order valence-corrected chi connectivity index (χ3v) is 5.10. The van der Waals surface area contributed by atoms with Crippen molar-refractivity contribution >= 4 is 33.0 Å². The SMILES string of the molecule is CCCCn1ncc(NCc2sccc2CC)c(Br)c1=O. The Balaban J connectivity index is 2.11. The van der Waals surface area contributed by atoms with Crippen LogP contribution < -0.4 is 10.9 Å². The van der Waals surface area contributed by atoms with Gasteiger partial charge in [0.15, 0.2) is 0 Å². The first-order valence-electron chi connectivity index (χ1n) is 7.22. The van der Waals surface area contributed by atoms with Gasteiger partial charge in [-0.25, -0.2) is 4.68 Å². The zero-order valence-electron chi connectivity index (χ0n) is 12.4. The van der Waals surface area contributed by atoms with Gasteiger partial charge in [-0.1, -0.05) is 20.3 Å². The lowest BCUT2D eigenvalue weighted by Crippen LogP contribution is -2.24. The lowest BCUT2D eigenvalue weighted by atomic mass is 10.2. The summed E-state index contributed by atoms with van der Waals surface area (Å²) >= 11 is 5.13. The predicted molar refractivity (Wildman–Crippen MR) is 92.1 cm³/mol. The molecule has 2 aromatic rings. The normalized spacial score (nSPS) is 10.8. The molecule has 0 amide bonds. The van der Waals surface area contributed by atoms with Crippen LogP contribution in [0.1, 0.15) is 37.1 Å². The fraction of sp³-hybridized carbons (Fsp3) is 0.467. The Morgan fingerprint density at radius 3 is 2.95 bits per heavy atom. The summed E-state index contributed by atoms with van der Waals surface area (Å²) in [6.07, 6.45) is 4.75. The molecule has 0 fully saturated rings. The van der Waals surface area contributed by atoms with Gasteiger partial charge in [-0.05, 0) is 45.8 Å². The van der Waals surface area contributed by atoms with Crippen LogP contribution in [0.15, 0.2) is 26.9 Å². The molecule has 2 heterocycles. The molecule has 0 saturated carbocycles. The highest BCUT2D eigenvalue weighted by molar-refractivity contribution is 9.10. The van der Waals surface area contributed by atoms with Crippen LogP contribution in [0.4, 0.5) is 5.69 Å². The summed E-state index contributed by atoms with van der Waals surface area (Å²) in [7, 11) is 0. The number of nitrogens with zero attached hydrogens (tertiary/aromatic N) is 2. The molecule has 2 rings (SSSR count). The molecule has 0 radical (unpaired) electrons. The molecule has 0 aliphatic heterocycles. The van der Waals surface area contributed by atoms with E-state index in [0.29, 0.717) is 11.0 Å². The van der Waals surface area contributed by atoms with Crippen LogP contribution in [-0.2, 0) is 19.5 Å². The number of nitrogens with one attached hydrogen (secondary N) is 1. The van der Waals surface area contributed by atoms with E-state index in [4.69, 9.17) is 0 Å². The van der Waals surface area contributed by atoms with Gasteiger partial charge in [0.05, 0.1) is 11.9 Å². The maximum atomic E-state index is 12.2. The number of thiophene rings is 1. The zero-order valence-corrected chi connectivity index (χ0v) is 14.8. The summed E-state index contributed by atoms with van der Waals surface area (Å²) in [4.78, 5) is 13.5. The molecule has 21 heavy (non-hydrogen) atoms. The van der Waals surface area contributed by atoms with Crippen LogP contribution in [0.5, 0.6) is 0 Å². The molecule has 0 bridgehead atoms. The summed E-state index contributed by atoms with van der Waals surface area (Å²) in [5.41, 5.74) is 2.03. The van der Waals surface area contributed by atoms with Gasteiger partial charge in [-0.2, -0.15) is 5.10 Å². The molecular formula is C15H20BrN3OS. The zero-order chi connectivity index (χ0) is 15.2.